The second-order valence-corrected chi connectivity index (χ2v) is 10.0. The Kier molecular flexibility index (Phi) is 6.32. The highest BCUT2D eigenvalue weighted by Crippen LogP contribution is 2.24. The summed E-state index contributed by atoms with van der Waals surface area (Å²) in [4.78, 5) is 17.2. The van der Waals surface area contributed by atoms with Crippen molar-refractivity contribution in [1.82, 2.24) is 24.1 Å². The van der Waals surface area contributed by atoms with Crippen LogP contribution in [0.5, 0.6) is 0 Å². The maximum atomic E-state index is 13.0. The molecule has 182 valence electrons. The molecular formula is C23H24N6O5S. The van der Waals surface area contributed by atoms with Crippen molar-refractivity contribution in [3.8, 4) is 11.5 Å². The highest BCUT2D eigenvalue weighted by Gasteiger charge is 2.27. The van der Waals surface area contributed by atoms with Gasteiger partial charge in [0.05, 0.1) is 29.1 Å². The zero-order valence-corrected chi connectivity index (χ0v) is 19.9. The summed E-state index contributed by atoms with van der Waals surface area (Å²) in [6.07, 6.45) is 0.487. The van der Waals surface area contributed by atoms with Crippen LogP contribution >= 0.6 is 0 Å². The third-order valence-corrected chi connectivity index (χ3v) is 7.72. The normalized spacial score (nSPS) is 14.9. The topological polar surface area (TPSA) is 132 Å². The Morgan fingerprint density at radius 2 is 1.86 bits per heavy atom. The summed E-state index contributed by atoms with van der Waals surface area (Å²) in [6.45, 7) is 1.43. The molecule has 1 aliphatic rings. The first-order valence-electron chi connectivity index (χ1n) is 11.1. The van der Waals surface area contributed by atoms with Crippen molar-refractivity contribution in [1.29, 1.82) is 0 Å². The molecule has 0 spiro atoms. The predicted octanol–water partition coefficient (Wildman–Crippen LogP) is 2.22. The molecule has 1 N–H and O–H groups in total. The average Bonchev–Trinajstić information content (AvgIpc) is 3.47. The first-order valence-corrected chi connectivity index (χ1v) is 12.6. The third kappa shape index (κ3) is 4.81. The fraction of sp³-hybridized carbons (Fsp3) is 0.304. The molecule has 1 aliphatic heterocycles. The number of hydrogen-bond donors (Lipinski definition) is 1. The molecule has 35 heavy (non-hydrogen) atoms. The molecule has 0 bridgehead atoms. The summed E-state index contributed by atoms with van der Waals surface area (Å²) in [5, 5.41) is 10.4. The fourth-order valence-electron chi connectivity index (χ4n) is 3.93. The fourth-order valence-corrected chi connectivity index (χ4v) is 5.36. The average molecular weight is 497 g/mol. The molecule has 3 heterocycles. The molecule has 0 aliphatic carbocycles. The van der Waals surface area contributed by atoms with E-state index in [2.05, 4.69) is 20.5 Å². The van der Waals surface area contributed by atoms with Crippen molar-refractivity contribution in [3.05, 3.63) is 54.4 Å². The molecule has 2 aromatic heterocycles. The Morgan fingerprint density at radius 3 is 2.63 bits per heavy atom. The van der Waals surface area contributed by atoms with E-state index in [9.17, 15) is 13.2 Å². The Balaban J connectivity index is 1.26. The number of nitrogens with one attached hydrogen (secondary N) is 1. The number of nitrogens with zero attached hydrogens (tertiary/aromatic N) is 5. The van der Waals surface area contributed by atoms with Gasteiger partial charge in [-0.15, -0.1) is 5.10 Å². The van der Waals surface area contributed by atoms with E-state index in [1.54, 1.807) is 18.2 Å². The summed E-state index contributed by atoms with van der Waals surface area (Å²) < 4.78 is 40.0. The summed E-state index contributed by atoms with van der Waals surface area (Å²) in [6, 6.07) is 14.2. The van der Waals surface area contributed by atoms with Crippen LogP contribution in [0.4, 0.5) is 6.01 Å². The Bertz CT molecular complexity index is 1460. The number of benzene rings is 2. The summed E-state index contributed by atoms with van der Waals surface area (Å²) >= 11 is 0. The lowest BCUT2D eigenvalue weighted by Crippen LogP contribution is -2.40. The van der Waals surface area contributed by atoms with E-state index in [-0.39, 0.29) is 23.2 Å². The smallest absolute Gasteiger partial charge is 0.322 e. The molecule has 1 saturated heterocycles. The SMILES string of the molecule is Cn1c(CCC(=O)Nc2nnc(-c3ccccc3)o2)nc2cc(S(=O)(=O)N3CCOCC3)ccc21. The quantitative estimate of drug-likeness (QED) is 0.412. The number of anilines is 1. The highest BCUT2D eigenvalue weighted by molar-refractivity contribution is 7.89. The number of imidazole rings is 1. The van der Waals surface area contributed by atoms with E-state index in [4.69, 9.17) is 9.15 Å². The van der Waals surface area contributed by atoms with Crippen molar-refractivity contribution in [2.24, 2.45) is 7.05 Å². The molecule has 12 heteroatoms. The molecule has 5 rings (SSSR count). The maximum absolute atomic E-state index is 13.0. The van der Waals surface area contributed by atoms with Crippen molar-refractivity contribution in [3.63, 3.8) is 0 Å². The lowest BCUT2D eigenvalue weighted by Gasteiger charge is -2.26. The van der Waals surface area contributed by atoms with Crippen LogP contribution in [0.1, 0.15) is 12.2 Å². The molecule has 0 atom stereocenters. The van der Waals surface area contributed by atoms with Crippen molar-refractivity contribution in [2.75, 3.05) is 31.6 Å². The van der Waals surface area contributed by atoms with Crippen LogP contribution in [0.25, 0.3) is 22.5 Å². The molecule has 0 unspecified atom stereocenters. The van der Waals surface area contributed by atoms with Gasteiger partial charge in [0, 0.05) is 38.5 Å². The van der Waals surface area contributed by atoms with Gasteiger partial charge in [0.2, 0.25) is 21.8 Å². The van der Waals surface area contributed by atoms with Gasteiger partial charge >= 0.3 is 6.01 Å². The van der Waals surface area contributed by atoms with E-state index in [0.29, 0.717) is 50.0 Å². The number of fused-ring (bicyclic) bond motifs is 1. The van der Waals surface area contributed by atoms with Crippen LogP contribution in [0, 0.1) is 0 Å². The van der Waals surface area contributed by atoms with E-state index in [0.717, 1.165) is 11.1 Å². The van der Waals surface area contributed by atoms with Gasteiger partial charge in [-0.1, -0.05) is 23.3 Å². The van der Waals surface area contributed by atoms with Gasteiger partial charge in [-0.25, -0.2) is 13.4 Å². The molecule has 11 nitrogen and oxygen atoms in total. The number of ether oxygens (including phenoxy) is 1. The first kappa shape index (κ1) is 23.1. The number of amides is 1. The molecule has 1 amide bonds. The van der Waals surface area contributed by atoms with Crippen molar-refractivity contribution < 1.29 is 22.4 Å². The van der Waals surface area contributed by atoms with Crippen LogP contribution in [-0.2, 0) is 33.0 Å². The van der Waals surface area contributed by atoms with Gasteiger partial charge in [-0.05, 0) is 30.3 Å². The number of rotatable bonds is 7. The number of hydrogen-bond acceptors (Lipinski definition) is 8. The minimum Gasteiger partial charge on any atom is -0.403 e. The number of carbonyl (C=O) groups excluding carboxylic acids is 1. The number of sulfonamides is 1. The maximum Gasteiger partial charge on any atom is 0.322 e. The van der Waals surface area contributed by atoms with Crippen molar-refractivity contribution in [2.45, 2.75) is 17.7 Å². The van der Waals surface area contributed by atoms with E-state index in [1.807, 2.05) is 41.9 Å². The van der Waals surface area contributed by atoms with Crippen LogP contribution in [-0.4, -0.2) is 64.7 Å². The van der Waals surface area contributed by atoms with Gasteiger partial charge in [0.15, 0.2) is 0 Å². The molecular weight excluding hydrogens is 472 g/mol. The van der Waals surface area contributed by atoms with Crippen LogP contribution in [0.3, 0.4) is 0 Å². The lowest BCUT2D eigenvalue weighted by atomic mass is 10.2. The summed E-state index contributed by atoms with van der Waals surface area (Å²) in [7, 11) is -1.78. The van der Waals surface area contributed by atoms with Gasteiger partial charge in [0.25, 0.3) is 0 Å². The van der Waals surface area contributed by atoms with E-state index < -0.39 is 10.0 Å². The van der Waals surface area contributed by atoms with Gasteiger partial charge < -0.3 is 13.7 Å². The Morgan fingerprint density at radius 1 is 1.09 bits per heavy atom. The molecule has 1 fully saturated rings. The molecule has 2 aromatic carbocycles. The second-order valence-electron chi connectivity index (χ2n) is 8.08. The monoisotopic (exact) mass is 496 g/mol. The van der Waals surface area contributed by atoms with Crippen molar-refractivity contribution >= 4 is 33.0 Å². The minimum atomic E-state index is -3.62. The third-order valence-electron chi connectivity index (χ3n) is 5.82. The largest absolute Gasteiger partial charge is 0.403 e. The van der Waals surface area contributed by atoms with Crippen LogP contribution in [0.2, 0.25) is 0 Å². The second kappa shape index (κ2) is 9.56. The first-order chi connectivity index (χ1) is 16.9. The van der Waals surface area contributed by atoms with Gasteiger partial charge in [-0.3, -0.25) is 10.1 Å². The van der Waals surface area contributed by atoms with Crippen LogP contribution < -0.4 is 5.32 Å². The molecule has 0 radical (unpaired) electrons. The molecule has 4 aromatic rings. The summed E-state index contributed by atoms with van der Waals surface area (Å²) in [5.74, 6) is 0.682. The Hall–Kier alpha value is -3.61. The van der Waals surface area contributed by atoms with Gasteiger partial charge in [0.1, 0.15) is 5.82 Å². The highest BCUT2D eigenvalue weighted by atomic mass is 32.2. The van der Waals surface area contributed by atoms with E-state index in [1.165, 1.54) is 4.31 Å². The number of carbonyl (C=O) groups is 1. The summed E-state index contributed by atoms with van der Waals surface area (Å²) in [5.41, 5.74) is 2.10. The number of morpholine rings is 1. The number of aromatic nitrogens is 4. The van der Waals surface area contributed by atoms with Crippen LogP contribution in [0.15, 0.2) is 57.8 Å². The number of aryl methyl sites for hydroxylation is 2. The zero-order valence-electron chi connectivity index (χ0n) is 19.0. The molecule has 0 saturated carbocycles. The zero-order chi connectivity index (χ0) is 24.4. The minimum absolute atomic E-state index is 0.0248. The predicted molar refractivity (Wildman–Crippen MR) is 127 cm³/mol. The van der Waals surface area contributed by atoms with Gasteiger partial charge in [-0.2, -0.15) is 4.31 Å². The Labute approximate surface area is 201 Å². The standard InChI is InChI=1S/C23H24N6O5S/c1-28-19-8-7-17(35(31,32)29-11-13-33-14-12-29)15-18(19)24-20(28)9-10-21(30)25-23-27-26-22(34-23)16-5-3-2-4-6-16/h2-8,15H,9-14H2,1H3,(H,25,27,30). The van der Waals surface area contributed by atoms with E-state index >= 15 is 0 Å². The lowest BCUT2D eigenvalue weighted by molar-refractivity contribution is -0.116.